The van der Waals surface area contributed by atoms with Crippen molar-refractivity contribution < 1.29 is 4.79 Å². The first-order chi connectivity index (χ1) is 9.10. The summed E-state index contributed by atoms with van der Waals surface area (Å²) in [5.41, 5.74) is 3.72. The Labute approximate surface area is 129 Å². The molecule has 0 saturated heterocycles. The van der Waals surface area contributed by atoms with Crippen molar-refractivity contribution in [2.24, 2.45) is 0 Å². The average molecular weight is 383 g/mol. The molecule has 98 valence electrons. The van der Waals surface area contributed by atoms with Crippen molar-refractivity contribution in [2.45, 2.75) is 12.3 Å². The number of halogens is 2. The SMILES string of the molecule is Cc1ccc(C(=O)Nc2ccc(CBr)cc2)c(Br)c1. The number of nitrogens with one attached hydrogen (secondary N) is 1. The number of amides is 1. The van der Waals surface area contributed by atoms with Gasteiger partial charge in [-0.1, -0.05) is 34.1 Å². The Bertz CT molecular complexity index is 594. The molecule has 2 aromatic rings. The topological polar surface area (TPSA) is 29.1 Å². The molecule has 4 heteroatoms. The van der Waals surface area contributed by atoms with E-state index in [1.807, 2.05) is 49.4 Å². The number of benzene rings is 2. The number of aryl methyl sites for hydroxylation is 1. The molecular weight excluding hydrogens is 370 g/mol. The Morgan fingerprint density at radius 2 is 1.84 bits per heavy atom. The summed E-state index contributed by atoms with van der Waals surface area (Å²) < 4.78 is 0.807. The Balaban J connectivity index is 2.15. The molecule has 0 aliphatic rings. The lowest BCUT2D eigenvalue weighted by Gasteiger charge is -2.08. The van der Waals surface area contributed by atoms with Gasteiger partial charge in [0.2, 0.25) is 0 Å². The second-order valence-electron chi connectivity index (χ2n) is 4.27. The van der Waals surface area contributed by atoms with Gasteiger partial charge in [-0.15, -0.1) is 0 Å². The zero-order chi connectivity index (χ0) is 13.8. The predicted molar refractivity (Wildman–Crippen MR) is 85.9 cm³/mol. The highest BCUT2D eigenvalue weighted by molar-refractivity contribution is 9.10. The fourth-order valence-corrected chi connectivity index (χ4v) is 2.73. The van der Waals surface area contributed by atoms with Crippen molar-refractivity contribution in [1.82, 2.24) is 0 Å². The highest BCUT2D eigenvalue weighted by Gasteiger charge is 2.10. The number of hydrogen-bond acceptors (Lipinski definition) is 1. The largest absolute Gasteiger partial charge is 0.322 e. The van der Waals surface area contributed by atoms with Crippen molar-refractivity contribution in [3.63, 3.8) is 0 Å². The molecule has 0 aliphatic carbocycles. The maximum atomic E-state index is 12.2. The van der Waals surface area contributed by atoms with E-state index in [2.05, 4.69) is 37.2 Å². The molecular formula is C15H13Br2NO. The van der Waals surface area contributed by atoms with Crippen molar-refractivity contribution in [3.8, 4) is 0 Å². The molecule has 0 aliphatic heterocycles. The molecule has 0 fully saturated rings. The number of hydrogen-bond donors (Lipinski definition) is 1. The van der Waals surface area contributed by atoms with E-state index < -0.39 is 0 Å². The molecule has 0 atom stereocenters. The molecule has 0 bridgehead atoms. The molecule has 1 N–H and O–H groups in total. The van der Waals surface area contributed by atoms with Crippen molar-refractivity contribution in [1.29, 1.82) is 0 Å². The van der Waals surface area contributed by atoms with Crippen LogP contribution in [-0.4, -0.2) is 5.91 Å². The Kier molecular flexibility index (Phi) is 4.77. The summed E-state index contributed by atoms with van der Waals surface area (Å²) in [7, 11) is 0. The van der Waals surface area contributed by atoms with E-state index in [0.717, 1.165) is 21.1 Å². The van der Waals surface area contributed by atoms with Gasteiger partial charge >= 0.3 is 0 Å². The van der Waals surface area contributed by atoms with E-state index >= 15 is 0 Å². The number of alkyl halides is 1. The Morgan fingerprint density at radius 1 is 1.16 bits per heavy atom. The summed E-state index contributed by atoms with van der Waals surface area (Å²) in [5, 5.41) is 3.70. The third-order valence-corrected chi connectivity index (χ3v) is 4.04. The summed E-state index contributed by atoms with van der Waals surface area (Å²) in [5.74, 6) is -0.113. The molecule has 0 heterocycles. The van der Waals surface area contributed by atoms with Crippen molar-refractivity contribution in [3.05, 3.63) is 63.6 Å². The van der Waals surface area contributed by atoms with Crippen LogP contribution in [-0.2, 0) is 5.33 Å². The van der Waals surface area contributed by atoms with Gasteiger partial charge in [0.15, 0.2) is 0 Å². The molecule has 0 aromatic heterocycles. The molecule has 1 amide bonds. The highest BCUT2D eigenvalue weighted by Crippen LogP contribution is 2.20. The second kappa shape index (κ2) is 6.35. The summed E-state index contributed by atoms with van der Waals surface area (Å²) in [4.78, 5) is 12.2. The molecule has 0 spiro atoms. The average Bonchev–Trinajstić information content (AvgIpc) is 2.39. The van der Waals surface area contributed by atoms with Crippen LogP contribution in [0.5, 0.6) is 0 Å². The maximum absolute atomic E-state index is 12.2. The van der Waals surface area contributed by atoms with Crippen LogP contribution in [0.1, 0.15) is 21.5 Å². The molecule has 0 saturated carbocycles. The first-order valence-electron chi connectivity index (χ1n) is 5.82. The lowest BCUT2D eigenvalue weighted by molar-refractivity contribution is 0.102. The van der Waals surface area contributed by atoms with Gasteiger partial charge in [0.25, 0.3) is 5.91 Å². The number of carbonyl (C=O) groups is 1. The van der Waals surface area contributed by atoms with Gasteiger partial charge in [-0.2, -0.15) is 0 Å². The van der Waals surface area contributed by atoms with E-state index in [-0.39, 0.29) is 5.91 Å². The van der Waals surface area contributed by atoms with Gasteiger partial charge in [-0.3, -0.25) is 4.79 Å². The van der Waals surface area contributed by atoms with Crippen LogP contribution in [0, 0.1) is 6.92 Å². The third kappa shape index (κ3) is 3.67. The Hall–Kier alpha value is -1.13. The van der Waals surface area contributed by atoms with Gasteiger partial charge in [0, 0.05) is 15.5 Å². The van der Waals surface area contributed by atoms with Crippen LogP contribution in [0.15, 0.2) is 46.9 Å². The van der Waals surface area contributed by atoms with Crippen LogP contribution in [0.2, 0.25) is 0 Å². The first-order valence-corrected chi connectivity index (χ1v) is 7.74. The standard InChI is InChI=1S/C15H13Br2NO/c1-10-2-7-13(14(17)8-10)15(19)18-12-5-3-11(9-16)4-6-12/h2-8H,9H2,1H3,(H,18,19). The van der Waals surface area contributed by atoms with E-state index in [0.29, 0.717) is 5.56 Å². The van der Waals surface area contributed by atoms with Crippen molar-refractivity contribution in [2.75, 3.05) is 5.32 Å². The van der Waals surface area contributed by atoms with Gasteiger partial charge in [-0.05, 0) is 58.2 Å². The molecule has 2 aromatic carbocycles. The zero-order valence-corrected chi connectivity index (χ0v) is 13.6. The van der Waals surface area contributed by atoms with Crippen LogP contribution in [0.25, 0.3) is 0 Å². The van der Waals surface area contributed by atoms with E-state index in [1.165, 1.54) is 5.56 Å². The quantitative estimate of drug-likeness (QED) is 0.751. The number of rotatable bonds is 3. The van der Waals surface area contributed by atoms with Gasteiger partial charge < -0.3 is 5.32 Å². The summed E-state index contributed by atoms with van der Waals surface area (Å²) in [6, 6.07) is 13.4. The molecule has 0 radical (unpaired) electrons. The third-order valence-electron chi connectivity index (χ3n) is 2.74. The van der Waals surface area contributed by atoms with Gasteiger partial charge in [0.05, 0.1) is 5.56 Å². The minimum atomic E-state index is -0.113. The lowest BCUT2D eigenvalue weighted by Crippen LogP contribution is -2.12. The lowest BCUT2D eigenvalue weighted by atomic mass is 10.1. The van der Waals surface area contributed by atoms with Gasteiger partial charge in [-0.25, -0.2) is 0 Å². The fourth-order valence-electron chi connectivity index (χ4n) is 1.68. The summed E-state index contributed by atoms with van der Waals surface area (Å²) >= 11 is 6.81. The van der Waals surface area contributed by atoms with E-state index in [9.17, 15) is 4.79 Å². The second-order valence-corrected chi connectivity index (χ2v) is 5.68. The molecule has 2 rings (SSSR count). The normalized spacial score (nSPS) is 10.3. The monoisotopic (exact) mass is 381 g/mol. The number of anilines is 1. The molecule has 2 nitrogen and oxygen atoms in total. The Morgan fingerprint density at radius 3 is 2.42 bits per heavy atom. The zero-order valence-electron chi connectivity index (χ0n) is 10.4. The first kappa shape index (κ1) is 14.3. The predicted octanol–water partition coefficient (Wildman–Crippen LogP) is 4.90. The summed E-state index contributed by atoms with van der Waals surface area (Å²) in [6.07, 6.45) is 0. The van der Waals surface area contributed by atoms with Crippen LogP contribution < -0.4 is 5.32 Å². The van der Waals surface area contributed by atoms with E-state index in [1.54, 1.807) is 0 Å². The van der Waals surface area contributed by atoms with E-state index in [4.69, 9.17) is 0 Å². The number of carbonyl (C=O) groups excluding carboxylic acids is 1. The fraction of sp³-hybridized carbons (Fsp3) is 0.133. The smallest absolute Gasteiger partial charge is 0.256 e. The minimum absolute atomic E-state index is 0.113. The van der Waals surface area contributed by atoms with Crippen LogP contribution in [0.4, 0.5) is 5.69 Å². The van der Waals surface area contributed by atoms with Crippen LogP contribution >= 0.6 is 31.9 Å². The highest BCUT2D eigenvalue weighted by atomic mass is 79.9. The van der Waals surface area contributed by atoms with Crippen molar-refractivity contribution >= 4 is 43.5 Å². The van der Waals surface area contributed by atoms with Crippen LogP contribution in [0.3, 0.4) is 0 Å². The minimum Gasteiger partial charge on any atom is -0.322 e. The van der Waals surface area contributed by atoms with Gasteiger partial charge in [0.1, 0.15) is 0 Å². The summed E-state index contributed by atoms with van der Waals surface area (Å²) in [6.45, 7) is 1.99. The maximum Gasteiger partial charge on any atom is 0.256 e. The molecule has 19 heavy (non-hydrogen) atoms. The molecule has 0 unspecified atom stereocenters.